The summed E-state index contributed by atoms with van der Waals surface area (Å²) in [5.41, 5.74) is 7.55. The van der Waals surface area contributed by atoms with Gasteiger partial charge in [0.1, 0.15) is 11.6 Å². The lowest BCUT2D eigenvalue weighted by Crippen LogP contribution is -2.18. The average Bonchev–Trinajstić information content (AvgIpc) is 2.67. The van der Waals surface area contributed by atoms with Crippen LogP contribution < -0.4 is 5.73 Å². The molecule has 1 aromatic heterocycles. The molecule has 100 valence electrons. The Kier molecular flexibility index (Phi) is 3.08. The molecule has 1 saturated carbocycles. The fourth-order valence-corrected chi connectivity index (χ4v) is 3.54. The molecular weight excluding hydrogens is 222 g/mol. The number of hydrogen-bond acceptors (Lipinski definition) is 2. The van der Waals surface area contributed by atoms with E-state index in [-0.39, 0.29) is 0 Å². The van der Waals surface area contributed by atoms with Crippen molar-refractivity contribution in [3.8, 4) is 0 Å². The van der Waals surface area contributed by atoms with Crippen LogP contribution in [0.1, 0.15) is 63.4 Å². The largest absolute Gasteiger partial charge is 0.384 e. The lowest BCUT2D eigenvalue weighted by atomic mass is 9.81. The summed E-state index contributed by atoms with van der Waals surface area (Å²) in [6.45, 7) is 5.74. The van der Waals surface area contributed by atoms with Crippen molar-refractivity contribution in [1.29, 1.82) is 0 Å². The minimum Gasteiger partial charge on any atom is -0.384 e. The van der Waals surface area contributed by atoms with E-state index in [2.05, 4.69) is 18.4 Å². The Morgan fingerprint density at radius 2 is 1.78 bits per heavy atom. The van der Waals surface area contributed by atoms with E-state index in [1.807, 2.05) is 0 Å². The Morgan fingerprint density at radius 3 is 2.50 bits per heavy atom. The number of nitrogen functional groups attached to an aromatic ring is 1. The van der Waals surface area contributed by atoms with Crippen LogP contribution in [0.4, 0.5) is 5.82 Å². The van der Waals surface area contributed by atoms with Gasteiger partial charge in [0.15, 0.2) is 0 Å². The molecule has 1 fully saturated rings. The highest BCUT2D eigenvalue weighted by Crippen LogP contribution is 2.38. The van der Waals surface area contributed by atoms with Gasteiger partial charge < -0.3 is 10.3 Å². The number of imidazole rings is 1. The topological polar surface area (TPSA) is 43.8 Å². The zero-order chi connectivity index (χ0) is 12.7. The highest BCUT2D eigenvalue weighted by atomic mass is 15.1. The molecule has 2 N–H and O–H groups in total. The second-order valence-electron chi connectivity index (χ2n) is 6.50. The maximum atomic E-state index is 6.34. The van der Waals surface area contributed by atoms with Gasteiger partial charge in [0, 0.05) is 18.9 Å². The van der Waals surface area contributed by atoms with Gasteiger partial charge in [0.25, 0.3) is 0 Å². The van der Waals surface area contributed by atoms with Crippen molar-refractivity contribution in [2.24, 2.45) is 11.8 Å². The zero-order valence-corrected chi connectivity index (χ0v) is 11.7. The minimum atomic E-state index is 0.620. The van der Waals surface area contributed by atoms with Gasteiger partial charge in [-0.2, -0.15) is 0 Å². The third-order valence-electron chi connectivity index (χ3n) is 4.89. The van der Waals surface area contributed by atoms with Crippen LogP contribution in [0.2, 0.25) is 0 Å². The standard InChI is InChI=1S/C15H25N3/c1-10-3-5-12(6-4-10)14-15(16)18-8-7-11(2)9-13(18)17-14/h10-12H,3-9,16H2,1-2H3. The Hall–Kier alpha value is -0.990. The summed E-state index contributed by atoms with van der Waals surface area (Å²) in [5.74, 6) is 4.48. The number of aromatic nitrogens is 2. The maximum absolute atomic E-state index is 6.34. The number of anilines is 1. The SMILES string of the molecule is CC1CCC(c2nc3n(c2N)CCC(C)C3)CC1. The van der Waals surface area contributed by atoms with Crippen molar-refractivity contribution in [3.63, 3.8) is 0 Å². The highest BCUT2D eigenvalue weighted by molar-refractivity contribution is 5.41. The maximum Gasteiger partial charge on any atom is 0.127 e. The first kappa shape index (κ1) is 12.1. The third-order valence-corrected chi connectivity index (χ3v) is 4.89. The number of hydrogen-bond donors (Lipinski definition) is 1. The van der Waals surface area contributed by atoms with Gasteiger partial charge in [0.2, 0.25) is 0 Å². The van der Waals surface area contributed by atoms with Gasteiger partial charge in [-0.05, 0) is 31.1 Å². The summed E-state index contributed by atoms with van der Waals surface area (Å²) in [6, 6.07) is 0. The predicted octanol–water partition coefficient (Wildman–Crippen LogP) is 3.34. The monoisotopic (exact) mass is 247 g/mol. The second kappa shape index (κ2) is 4.60. The van der Waals surface area contributed by atoms with E-state index in [0.717, 1.165) is 30.6 Å². The van der Waals surface area contributed by atoms with Crippen molar-refractivity contribution >= 4 is 5.82 Å². The van der Waals surface area contributed by atoms with Crippen LogP contribution in [0.15, 0.2) is 0 Å². The first-order valence-electron chi connectivity index (χ1n) is 7.50. The molecule has 0 radical (unpaired) electrons. The third kappa shape index (κ3) is 2.04. The number of nitrogens with two attached hydrogens (primary N) is 1. The van der Waals surface area contributed by atoms with E-state index in [4.69, 9.17) is 10.7 Å². The van der Waals surface area contributed by atoms with Crippen molar-refractivity contribution < 1.29 is 0 Å². The van der Waals surface area contributed by atoms with E-state index >= 15 is 0 Å². The fourth-order valence-electron chi connectivity index (χ4n) is 3.54. The van der Waals surface area contributed by atoms with E-state index < -0.39 is 0 Å². The van der Waals surface area contributed by atoms with Crippen LogP contribution in [-0.2, 0) is 13.0 Å². The smallest absolute Gasteiger partial charge is 0.127 e. The fraction of sp³-hybridized carbons (Fsp3) is 0.800. The Morgan fingerprint density at radius 1 is 1.06 bits per heavy atom. The normalized spacial score (nSPS) is 32.2. The molecule has 2 heterocycles. The van der Waals surface area contributed by atoms with Crippen molar-refractivity contribution in [2.75, 3.05) is 5.73 Å². The molecule has 2 aliphatic rings. The second-order valence-corrected chi connectivity index (χ2v) is 6.50. The molecule has 3 nitrogen and oxygen atoms in total. The van der Waals surface area contributed by atoms with Crippen LogP contribution in [-0.4, -0.2) is 9.55 Å². The predicted molar refractivity (Wildman–Crippen MR) is 74.5 cm³/mol. The average molecular weight is 247 g/mol. The molecule has 1 atom stereocenters. The molecule has 0 aromatic carbocycles. The molecule has 0 bridgehead atoms. The van der Waals surface area contributed by atoms with Crippen LogP contribution in [0, 0.1) is 11.8 Å². The molecule has 1 aromatic rings. The van der Waals surface area contributed by atoms with Crippen molar-refractivity contribution in [1.82, 2.24) is 9.55 Å². The highest BCUT2D eigenvalue weighted by Gasteiger charge is 2.28. The lowest BCUT2D eigenvalue weighted by molar-refractivity contribution is 0.345. The molecule has 1 unspecified atom stereocenters. The van der Waals surface area contributed by atoms with Gasteiger partial charge in [-0.25, -0.2) is 4.98 Å². The zero-order valence-electron chi connectivity index (χ0n) is 11.7. The number of rotatable bonds is 1. The first-order valence-corrected chi connectivity index (χ1v) is 7.50. The molecule has 0 saturated heterocycles. The van der Waals surface area contributed by atoms with E-state index in [0.29, 0.717) is 5.92 Å². The van der Waals surface area contributed by atoms with E-state index in [1.54, 1.807) is 0 Å². The minimum absolute atomic E-state index is 0.620. The van der Waals surface area contributed by atoms with Gasteiger partial charge >= 0.3 is 0 Å². The molecule has 1 aliphatic heterocycles. The summed E-state index contributed by atoms with van der Waals surface area (Å²) in [6.07, 6.45) is 7.57. The van der Waals surface area contributed by atoms with Gasteiger partial charge in [-0.1, -0.05) is 26.7 Å². The lowest BCUT2D eigenvalue weighted by Gasteiger charge is -2.25. The first-order chi connectivity index (χ1) is 8.65. The van der Waals surface area contributed by atoms with Crippen LogP contribution in [0.25, 0.3) is 0 Å². The quantitative estimate of drug-likeness (QED) is 0.827. The summed E-state index contributed by atoms with van der Waals surface area (Å²) >= 11 is 0. The van der Waals surface area contributed by atoms with Crippen LogP contribution in [0.5, 0.6) is 0 Å². The van der Waals surface area contributed by atoms with Crippen LogP contribution in [0.3, 0.4) is 0 Å². The summed E-state index contributed by atoms with van der Waals surface area (Å²) in [5, 5.41) is 0. The van der Waals surface area contributed by atoms with E-state index in [9.17, 15) is 0 Å². The summed E-state index contributed by atoms with van der Waals surface area (Å²) in [4.78, 5) is 4.89. The molecule has 0 spiro atoms. The van der Waals surface area contributed by atoms with Gasteiger partial charge in [0.05, 0.1) is 5.69 Å². The van der Waals surface area contributed by atoms with Crippen LogP contribution >= 0.6 is 0 Å². The Bertz CT molecular complexity index is 427. The van der Waals surface area contributed by atoms with Gasteiger partial charge in [-0.3, -0.25) is 0 Å². The Labute approximate surface area is 110 Å². The van der Waals surface area contributed by atoms with Crippen molar-refractivity contribution in [3.05, 3.63) is 11.5 Å². The molecule has 3 heteroatoms. The van der Waals surface area contributed by atoms with E-state index in [1.165, 1.54) is 43.6 Å². The van der Waals surface area contributed by atoms with Gasteiger partial charge in [-0.15, -0.1) is 0 Å². The number of fused-ring (bicyclic) bond motifs is 1. The number of nitrogens with zero attached hydrogens (tertiary/aromatic N) is 2. The molecular formula is C15H25N3. The Balaban J connectivity index is 1.85. The molecule has 1 aliphatic carbocycles. The molecule has 18 heavy (non-hydrogen) atoms. The van der Waals surface area contributed by atoms with Crippen molar-refractivity contribution in [2.45, 2.75) is 64.8 Å². The summed E-state index contributed by atoms with van der Waals surface area (Å²) in [7, 11) is 0. The summed E-state index contributed by atoms with van der Waals surface area (Å²) < 4.78 is 2.27. The molecule has 0 amide bonds. The molecule has 3 rings (SSSR count).